The van der Waals surface area contributed by atoms with Crippen molar-refractivity contribution >= 4 is 11.9 Å². The summed E-state index contributed by atoms with van der Waals surface area (Å²) >= 11 is 0. The first-order valence-electron chi connectivity index (χ1n) is 5.79. The highest BCUT2D eigenvalue weighted by Gasteiger charge is 2.35. The third-order valence-electron chi connectivity index (χ3n) is 3.23. The van der Waals surface area contributed by atoms with Gasteiger partial charge in [-0.15, -0.1) is 0 Å². The Morgan fingerprint density at radius 1 is 1.12 bits per heavy atom. The van der Waals surface area contributed by atoms with Crippen LogP contribution in [0.4, 0.5) is 0 Å². The SMILES string of the molecule is CN(C(=O)CN(CC(=O)O)C1CC1)C1CC1. The van der Waals surface area contributed by atoms with Gasteiger partial charge in [-0.25, -0.2) is 0 Å². The molecule has 0 aromatic rings. The lowest BCUT2D eigenvalue weighted by molar-refractivity contribution is -0.139. The Labute approximate surface area is 95.0 Å². The van der Waals surface area contributed by atoms with E-state index < -0.39 is 5.97 Å². The first-order valence-corrected chi connectivity index (χ1v) is 5.79. The lowest BCUT2D eigenvalue weighted by Gasteiger charge is -2.23. The van der Waals surface area contributed by atoms with Gasteiger partial charge in [0.2, 0.25) is 5.91 Å². The monoisotopic (exact) mass is 226 g/mol. The average molecular weight is 226 g/mol. The first-order chi connectivity index (χ1) is 7.58. The van der Waals surface area contributed by atoms with Gasteiger partial charge < -0.3 is 10.0 Å². The minimum atomic E-state index is -0.853. The maximum absolute atomic E-state index is 11.8. The molecule has 0 spiro atoms. The van der Waals surface area contributed by atoms with E-state index in [1.165, 1.54) is 0 Å². The highest BCUT2D eigenvalue weighted by Crippen LogP contribution is 2.28. The predicted octanol–water partition coefficient (Wildman–Crippen LogP) is 0.156. The Hall–Kier alpha value is -1.10. The van der Waals surface area contributed by atoms with E-state index in [2.05, 4.69) is 0 Å². The van der Waals surface area contributed by atoms with Crippen molar-refractivity contribution in [2.45, 2.75) is 37.8 Å². The summed E-state index contributed by atoms with van der Waals surface area (Å²) in [5.41, 5.74) is 0. The molecule has 16 heavy (non-hydrogen) atoms. The van der Waals surface area contributed by atoms with Crippen LogP contribution in [0, 0.1) is 0 Å². The first kappa shape index (κ1) is 11.4. The second-order valence-electron chi connectivity index (χ2n) is 4.77. The lowest BCUT2D eigenvalue weighted by Crippen LogP contribution is -2.42. The number of amides is 1. The smallest absolute Gasteiger partial charge is 0.317 e. The van der Waals surface area contributed by atoms with Crippen LogP contribution in [0.2, 0.25) is 0 Å². The fourth-order valence-electron chi connectivity index (χ4n) is 1.88. The van der Waals surface area contributed by atoms with Crippen LogP contribution in [0.25, 0.3) is 0 Å². The lowest BCUT2D eigenvalue weighted by atomic mass is 10.4. The van der Waals surface area contributed by atoms with E-state index in [-0.39, 0.29) is 19.0 Å². The molecule has 5 heteroatoms. The summed E-state index contributed by atoms with van der Waals surface area (Å²) in [4.78, 5) is 26.1. The second kappa shape index (κ2) is 4.41. The van der Waals surface area contributed by atoms with Gasteiger partial charge in [-0.05, 0) is 25.7 Å². The van der Waals surface area contributed by atoms with Gasteiger partial charge in [-0.2, -0.15) is 0 Å². The van der Waals surface area contributed by atoms with Gasteiger partial charge in [0, 0.05) is 19.1 Å². The molecule has 0 bridgehead atoms. The molecule has 2 saturated carbocycles. The molecular weight excluding hydrogens is 208 g/mol. The Balaban J connectivity index is 1.83. The molecule has 0 atom stereocenters. The molecule has 0 aromatic carbocycles. The quantitative estimate of drug-likeness (QED) is 0.700. The largest absolute Gasteiger partial charge is 0.480 e. The normalized spacial score (nSPS) is 19.9. The van der Waals surface area contributed by atoms with Gasteiger partial charge >= 0.3 is 5.97 Å². The van der Waals surface area contributed by atoms with Crippen LogP contribution in [0.5, 0.6) is 0 Å². The minimum absolute atomic E-state index is 0.0189. The fraction of sp³-hybridized carbons (Fsp3) is 0.818. The van der Waals surface area contributed by atoms with Gasteiger partial charge in [0.05, 0.1) is 13.1 Å². The summed E-state index contributed by atoms with van der Waals surface area (Å²) in [5, 5.41) is 8.77. The Kier molecular flexibility index (Phi) is 3.14. The molecule has 2 fully saturated rings. The second-order valence-corrected chi connectivity index (χ2v) is 4.77. The third-order valence-corrected chi connectivity index (χ3v) is 3.23. The van der Waals surface area contributed by atoms with Crippen molar-refractivity contribution in [2.75, 3.05) is 20.1 Å². The topological polar surface area (TPSA) is 60.9 Å². The number of hydrogen-bond acceptors (Lipinski definition) is 3. The van der Waals surface area contributed by atoms with E-state index in [1.807, 2.05) is 7.05 Å². The van der Waals surface area contributed by atoms with Crippen molar-refractivity contribution in [1.82, 2.24) is 9.80 Å². The number of hydrogen-bond donors (Lipinski definition) is 1. The number of aliphatic carboxylic acids is 1. The molecule has 2 rings (SSSR count). The van der Waals surface area contributed by atoms with E-state index in [1.54, 1.807) is 9.80 Å². The zero-order valence-corrected chi connectivity index (χ0v) is 9.56. The Morgan fingerprint density at radius 2 is 1.69 bits per heavy atom. The maximum atomic E-state index is 11.8. The number of carbonyl (C=O) groups is 2. The third kappa shape index (κ3) is 2.95. The molecule has 90 valence electrons. The number of nitrogens with zero attached hydrogens (tertiary/aromatic N) is 2. The molecule has 2 aliphatic rings. The number of carboxylic acids is 1. The average Bonchev–Trinajstić information content (AvgIpc) is 3.02. The van der Waals surface area contributed by atoms with E-state index in [0.29, 0.717) is 12.1 Å². The molecule has 0 unspecified atom stereocenters. The number of likely N-dealkylation sites (N-methyl/N-ethyl adjacent to an activating group) is 1. The van der Waals surface area contributed by atoms with Crippen LogP contribution in [-0.2, 0) is 9.59 Å². The van der Waals surface area contributed by atoms with Crippen LogP contribution in [0.15, 0.2) is 0 Å². The summed E-state index contributed by atoms with van der Waals surface area (Å²) in [6.45, 7) is 0.235. The van der Waals surface area contributed by atoms with Crippen LogP contribution < -0.4 is 0 Å². The molecule has 0 heterocycles. The Morgan fingerprint density at radius 3 is 2.12 bits per heavy atom. The predicted molar refractivity (Wildman–Crippen MR) is 58.0 cm³/mol. The number of rotatable bonds is 6. The van der Waals surface area contributed by atoms with Crippen molar-refractivity contribution in [3.05, 3.63) is 0 Å². The molecular formula is C11H18N2O3. The minimum Gasteiger partial charge on any atom is -0.480 e. The van der Waals surface area contributed by atoms with E-state index in [9.17, 15) is 9.59 Å². The van der Waals surface area contributed by atoms with E-state index in [0.717, 1.165) is 25.7 Å². The van der Waals surface area contributed by atoms with E-state index in [4.69, 9.17) is 5.11 Å². The number of carboxylic acid groups (broad SMARTS) is 1. The van der Waals surface area contributed by atoms with Crippen molar-refractivity contribution in [2.24, 2.45) is 0 Å². The standard InChI is InChI=1S/C11H18N2O3/c1-12(8-2-3-8)10(14)6-13(7-11(15)16)9-4-5-9/h8-9H,2-7H2,1H3,(H,15,16). The van der Waals surface area contributed by atoms with Crippen molar-refractivity contribution in [3.63, 3.8) is 0 Å². The molecule has 0 saturated heterocycles. The van der Waals surface area contributed by atoms with Gasteiger partial charge in [-0.3, -0.25) is 14.5 Å². The van der Waals surface area contributed by atoms with Gasteiger partial charge in [0.15, 0.2) is 0 Å². The molecule has 0 aromatic heterocycles. The molecule has 0 radical (unpaired) electrons. The Bertz CT molecular complexity index is 298. The zero-order chi connectivity index (χ0) is 11.7. The van der Waals surface area contributed by atoms with Crippen molar-refractivity contribution < 1.29 is 14.7 Å². The summed E-state index contributed by atoms with van der Waals surface area (Å²) in [6, 6.07) is 0.714. The van der Waals surface area contributed by atoms with Crippen molar-refractivity contribution in [3.8, 4) is 0 Å². The van der Waals surface area contributed by atoms with Crippen LogP contribution in [-0.4, -0.2) is 59.0 Å². The summed E-state index contributed by atoms with van der Waals surface area (Å²) in [5.74, 6) is -0.801. The van der Waals surface area contributed by atoms with Gasteiger partial charge in [0.1, 0.15) is 0 Å². The van der Waals surface area contributed by atoms with Crippen molar-refractivity contribution in [1.29, 1.82) is 0 Å². The molecule has 1 amide bonds. The highest BCUT2D eigenvalue weighted by molar-refractivity contribution is 5.79. The van der Waals surface area contributed by atoms with Crippen LogP contribution in [0.3, 0.4) is 0 Å². The van der Waals surface area contributed by atoms with Crippen LogP contribution >= 0.6 is 0 Å². The zero-order valence-electron chi connectivity index (χ0n) is 9.56. The summed E-state index contributed by atoms with van der Waals surface area (Å²) in [7, 11) is 1.81. The summed E-state index contributed by atoms with van der Waals surface area (Å²) < 4.78 is 0. The highest BCUT2D eigenvalue weighted by atomic mass is 16.4. The van der Waals surface area contributed by atoms with Gasteiger partial charge in [0.25, 0.3) is 0 Å². The number of carbonyl (C=O) groups excluding carboxylic acids is 1. The molecule has 5 nitrogen and oxygen atoms in total. The molecule has 0 aliphatic heterocycles. The molecule has 2 aliphatic carbocycles. The van der Waals surface area contributed by atoms with E-state index >= 15 is 0 Å². The maximum Gasteiger partial charge on any atom is 0.317 e. The summed E-state index contributed by atoms with van der Waals surface area (Å²) in [6.07, 6.45) is 4.22. The van der Waals surface area contributed by atoms with Crippen LogP contribution in [0.1, 0.15) is 25.7 Å². The van der Waals surface area contributed by atoms with Gasteiger partial charge in [-0.1, -0.05) is 0 Å². The molecule has 1 N–H and O–H groups in total. The fourth-order valence-corrected chi connectivity index (χ4v) is 1.88.